The van der Waals surface area contributed by atoms with Crippen molar-refractivity contribution in [3.05, 3.63) is 102 Å². The molecule has 0 spiro atoms. The molecule has 6 nitrogen and oxygen atoms in total. The van der Waals surface area contributed by atoms with Crippen LogP contribution in [0.3, 0.4) is 0 Å². The van der Waals surface area contributed by atoms with Gasteiger partial charge < -0.3 is 10.1 Å². The number of carbonyl (C=O) groups excluding carboxylic acids is 1. The highest BCUT2D eigenvalue weighted by molar-refractivity contribution is 6.12. The molecule has 1 atom stereocenters. The Hall–Kier alpha value is -4.06. The number of hydrogen-bond acceptors (Lipinski definition) is 4. The molecule has 1 N–H and O–H groups in total. The lowest BCUT2D eigenvalue weighted by atomic mass is 10.0. The normalized spacial score (nSPS) is 15.4. The molecule has 5 rings (SSSR count). The van der Waals surface area contributed by atoms with Crippen LogP contribution in [0, 0.1) is 0 Å². The van der Waals surface area contributed by atoms with Crippen molar-refractivity contribution >= 4 is 17.3 Å². The van der Waals surface area contributed by atoms with Crippen LogP contribution < -0.4 is 15.0 Å². The second-order valence-corrected chi connectivity index (χ2v) is 7.02. The Labute approximate surface area is 174 Å². The summed E-state index contributed by atoms with van der Waals surface area (Å²) in [5.41, 5.74) is 4.02. The number of aromatic nitrogens is 2. The quantitative estimate of drug-likeness (QED) is 0.545. The summed E-state index contributed by atoms with van der Waals surface area (Å²) in [6.45, 7) is 0. The number of rotatable bonds is 4. The van der Waals surface area contributed by atoms with Crippen LogP contribution in [0.1, 0.15) is 22.1 Å². The van der Waals surface area contributed by atoms with Crippen molar-refractivity contribution in [1.82, 2.24) is 9.78 Å². The first-order valence-electron chi connectivity index (χ1n) is 9.68. The molecule has 6 heteroatoms. The molecule has 4 aromatic rings. The SMILES string of the molecule is COc1cccc(N2C(=O)c3ccccc3N[C@H]2c2cnn(-c3ccccc3)c2)c1. The number of hydrogen-bond donors (Lipinski definition) is 1. The van der Waals surface area contributed by atoms with Gasteiger partial charge in [-0.3, -0.25) is 9.69 Å². The average molecular weight is 396 g/mol. The van der Waals surface area contributed by atoms with E-state index in [2.05, 4.69) is 10.4 Å². The zero-order valence-corrected chi connectivity index (χ0v) is 16.4. The van der Waals surface area contributed by atoms with Gasteiger partial charge in [0.15, 0.2) is 0 Å². The zero-order valence-electron chi connectivity index (χ0n) is 16.4. The molecule has 0 saturated carbocycles. The summed E-state index contributed by atoms with van der Waals surface area (Å²) in [7, 11) is 1.62. The molecular formula is C24H20N4O2. The van der Waals surface area contributed by atoms with E-state index < -0.39 is 6.17 Å². The lowest BCUT2D eigenvalue weighted by molar-refractivity contribution is 0.0975. The molecule has 0 fully saturated rings. The highest BCUT2D eigenvalue weighted by Gasteiger charge is 2.34. The van der Waals surface area contributed by atoms with Crippen molar-refractivity contribution in [2.24, 2.45) is 0 Å². The molecule has 1 aliphatic heterocycles. The minimum absolute atomic E-state index is 0.0740. The third kappa shape index (κ3) is 3.08. The van der Waals surface area contributed by atoms with Crippen LogP contribution in [0.4, 0.5) is 11.4 Å². The van der Waals surface area contributed by atoms with Gasteiger partial charge in [0, 0.05) is 23.5 Å². The van der Waals surface area contributed by atoms with E-state index in [4.69, 9.17) is 4.74 Å². The van der Waals surface area contributed by atoms with Gasteiger partial charge in [0.05, 0.1) is 30.2 Å². The Balaban J connectivity index is 1.61. The lowest BCUT2D eigenvalue weighted by Crippen LogP contribution is -2.43. The third-order valence-corrected chi connectivity index (χ3v) is 5.20. The standard InChI is InChI=1S/C24H20N4O2/c1-30-20-11-7-10-19(14-20)28-23(26-22-13-6-5-12-21(22)24(28)29)17-15-25-27(16-17)18-8-3-2-4-9-18/h2-16,23,26H,1H3/t23-/m1/s1. The number of anilines is 2. The maximum atomic E-state index is 13.5. The average Bonchev–Trinajstić information content (AvgIpc) is 3.30. The van der Waals surface area contributed by atoms with Crippen molar-refractivity contribution in [2.45, 2.75) is 6.17 Å². The van der Waals surface area contributed by atoms with Crippen LogP contribution in [-0.4, -0.2) is 22.8 Å². The largest absolute Gasteiger partial charge is 0.497 e. The molecule has 2 heterocycles. The van der Waals surface area contributed by atoms with Gasteiger partial charge in [-0.15, -0.1) is 0 Å². The fraction of sp³-hybridized carbons (Fsp3) is 0.0833. The van der Waals surface area contributed by atoms with Crippen LogP contribution in [0.25, 0.3) is 5.69 Å². The van der Waals surface area contributed by atoms with E-state index in [9.17, 15) is 4.79 Å². The summed E-state index contributed by atoms with van der Waals surface area (Å²) in [4.78, 5) is 15.2. The second-order valence-electron chi connectivity index (χ2n) is 7.02. The molecule has 30 heavy (non-hydrogen) atoms. The fourth-order valence-corrected chi connectivity index (χ4v) is 3.71. The van der Waals surface area contributed by atoms with E-state index in [1.54, 1.807) is 18.2 Å². The Morgan fingerprint density at radius 2 is 1.70 bits per heavy atom. The van der Waals surface area contributed by atoms with E-state index in [1.165, 1.54) is 0 Å². The highest BCUT2D eigenvalue weighted by Crippen LogP contribution is 2.37. The summed E-state index contributed by atoms with van der Waals surface area (Å²) < 4.78 is 7.19. The first-order valence-corrected chi connectivity index (χ1v) is 9.68. The van der Waals surface area contributed by atoms with Gasteiger partial charge in [-0.1, -0.05) is 36.4 Å². The van der Waals surface area contributed by atoms with E-state index in [-0.39, 0.29) is 5.91 Å². The molecule has 1 amide bonds. The summed E-state index contributed by atoms with van der Waals surface area (Å²) in [6, 6.07) is 25.0. The summed E-state index contributed by atoms with van der Waals surface area (Å²) in [6.07, 6.45) is 3.33. The van der Waals surface area contributed by atoms with Gasteiger partial charge in [0.1, 0.15) is 11.9 Å². The van der Waals surface area contributed by atoms with E-state index in [0.29, 0.717) is 11.3 Å². The third-order valence-electron chi connectivity index (χ3n) is 5.20. The van der Waals surface area contributed by atoms with Crippen LogP contribution in [0.2, 0.25) is 0 Å². The first-order chi connectivity index (χ1) is 14.7. The van der Waals surface area contributed by atoms with E-state index >= 15 is 0 Å². The molecular weight excluding hydrogens is 376 g/mol. The molecule has 148 valence electrons. The van der Waals surface area contributed by atoms with Gasteiger partial charge in [-0.25, -0.2) is 4.68 Å². The van der Waals surface area contributed by atoms with Gasteiger partial charge in [-0.05, 0) is 36.4 Å². The molecule has 0 saturated heterocycles. The number of methoxy groups -OCH3 is 1. The number of ether oxygens (including phenoxy) is 1. The Kier molecular flexibility index (Phi) is 4.44. The van der Waals surface area contributed by atoms with Gasteiger partial charge in [0.25, 0.3) is 5.91 Å². The highest BCUT2D eigenvalue weighted by atomic mass is 16.5. The van der Waals surface area contributed by atoms with Crippen molar-refractivity contribution in [3.63, 3.8) is 0 Å². The number of carbonyl (C=O) groups is 1. The molecule has 0 bridgehead atoms. The number of fused-ring (bicyclic) bond motifs is 1. The molecule has 0 radical (unpaired) electrons. The summed E-state index contributed by atoms with van der Waals surface area (Å²) >= 11 is 0. The summed E-state index contributed by atoms with van der Waals surface area (Å²) in [5, 5.41) is 8.02. The topological polar surface area (TPSA) is 59.4 Å². The number of amides is 1. The van der Waals surface area contributed by atoms with E-state index in [0.717, 1.165) is 22.6 Å². The molecule has 0 unspecified atom stereocenters. The minimum Gasteiger partial charge on any atom is -0.497 e. The molecule has 3 aromatic carbocycles. The number of nitrogens with one attached hydrogen (secondary N) is 1. The van der Waals surface area contributed by atoms with Crippen molar-refractivity contribution in [1.29, 1.82) is 0 Å². The Bertz CT molecular complexity index is 1200. The number of para-hydroxylation sites is 2. The Morgan fingerprint density at radius 3 is 2.53 bits per heavy atom. The van der Waals surface area contributed by atoms with Crippen molar-refractivity contribution in [2.75, 3.05) is 17.3 Å². The predicted octanol–water partition coefficient (Wildman–Crippen LogP) is 4.65. The maximum absolute atomic E-state index is 13.5. The van der Waals surface area contributed by atoms with Crippen LogP contribution in [0.15, 0.2) is 91.3 Å². The molecule has 0 aliphatic carbocycles. The monoisotopic (exact) mass is 396 g/mol. The smallest absolute Gasteiger partial charge is 0.262 e. The lowest BCUT2D eigenvalue weighted by Gasteiger charge is -2.37. The van der Waals surface area contributed by atoms with Crippen LogP contribution in [0.5, 0.6) is 5.75 Å². The zero-order chi connectivity index (χ0) is 20.5. The summed E-state index contributed by atoms with van der Waals surface area (Å²) in [5.74, 6) is 0.618. The van der Waals surface area contributed by atoms with Crippen LogP contribution >= 0.6 is 0 Å². The van der Waals surface area contributed by atoms with E-state index in [1.807, 2.05) is 89.7 Å². The second kappa shape index (κ2) is 7.40. The Morgan fingerprint density at radius 1 is 0.933 bits per heavy atom. The van der Waals surface area contributed by atoms with Gasteiger partial charge in [-0.2, -0.15) is 5.10 Å². The number of nitrogens with zero attached hydrogens (tertiary/aromatic N) is 3. The first kappa shape index (κ1) is 18.0. The van der Waals surface area contributed by atoms with Crippen molar-refractivity contribution < 1.29 is 9.53 Å². The van der Waals surface area contributed by atoms with Gasteiger partial charge >= 0.3 is 0 Å². The fourth-order valence-electron chi connectivity index (χ4n) is 3.71. The van der Waals surface area contributed by atoms with Crippen LogP contribution in [-0.2, 0) is 0 Å². The predicted molar refractivity (Wildman–Crippen MR) is 116 cm³/mol. The minimum atomic E-state index is -0.406. The van der Waals surface area contributed by atoms with Crippen molar-refractivity contribution in [3.8, 4) is 11.4 Å². The molecule has 1 aromatic heterocycles. The molecule has 1 aliphatic rings. The maximum Gasteiger partial charge on any atom is 0.262 e. The van der Waals surface area contributed by atoms with Gasteiger partial charge in [0.2, 0.25) is 0 Å². The number of benzene rings is 3.